The zero-order valence-electron chi connectivity index (χ0n) is 15.2. The largest absolute Gasteiger partial charge is 0.495 e. The molecule has 6 nitrogen and oxygen atoms in total. The van der Waals surface area contributed by atoms with Gasteiger partial charge in [-0.3, -0.25) is 4.98 Å². The van der Waals surface area contributed by atoms with Crippen molar-refractivity contribution in [2.45, 2.75) is 38.8 Å². The maximum absolute atomic E-state index is 12.2. The van der Waals surface area contributed by atoms with Crippen LogP contribution in [0.25, 0.3) is 10.9 Å². The van der Waals surface area contributed by atoms with Gasteiger partial charge in [0.15, 0.2) is 0 Å². The zero-order chi connectivity index (χ0) is 18.0. The Morgan fingerprint density at radius 2 is 2.16 bits per heavy atom. The first-order chi connectivity index (χ1) is 11.9. The van der Waals surface area contributed by atoms with E-state index in [1.807, 2.05) is 45.0 Å². The number of amides is 1. The SMILES string of the molecule is COc1cnc2cccc(N[C@H]3CCN(C(=O)OC(C)(C)C)C3)c2c1. The van der Waals surface area contributed by atoms with Crippen LogP contribution in [0.3, 0.4) is 0 Å². The molecule has 2 aromatic rings. The predicted molar refractivity (Wildman–Crippen MR) is 98.1 cm³/mol. The zero-order valence-corrected chi connectivity index (χ0v) is 15.2. The molecule has 1 amide bonds. The van der Waals surface area contributed by atoms with Crippen LogP contribution in [-0.2, 0) is 4.74 Å². The van der Waals surface area contributed by atoms with Gasteiger partial charge >= 0.3 is 6.09 Å². The van der Waals surface area contributed by atoms with Gasteiger partial charge in [-0.1, -0.05) is 6.07 Å². The minimum atomic E-state index is -0.472. The topological polar surface area (TPSA) is 63.7 Å². The molecule has 1 N–H and O–H groups in total. The predicted octanol–water partition coefficient (Wildman–Crippen LogP) is 3.66. The number of nitrogens with zero attached hydrogens (tertiary/aromatic N) is 2. The number of carbonyl (C=O) groups is 1. The molecule has 25 heavy (non-hydrogen) atoms. The number of nitrogens with one attached hydrogen (secondary N) is 1. The van der Waals surface area contributed by atoms with Crippen molar-refractivity contribution in [3.8, 4) is 5.75 Å². The Balaban J connectivity index is 1.71. The molecule has 1 aromatic carbocycles. The first kappa shape index (κ1) is 17.3. The van der Waals surface area contributed by atoms with Crippen molar-refractivity contribution in [1.29, 1.82) is 0 Å². The lowest BCUT2D eigenvalue weighted by Crippen LogP contribution is -2.36. The van der Waals surface area contributed by atoms with Crippen LogP contribution in [0.4, 0.5) is 10.5 Å². The molecule has 134 valence electrons. The number of methoxy groups -OCH3 is 1. The molecule has 0 unspecified atom stereocenters. The fourth-order valence-electron chi connectivity index (χ4n) is 2.96. The average Bonchev–Trinajstić information content (AvgIpc) is 3.02. The molecule has 0 spiro atoms. The Hall–Kier alpha value is -2.50. The van der Waals surface area contributed by atoms with E-state index >= 15 is 0 Å². The van der Waals surface area contributed by atoms with Gasteiger partial charge in [-0.05, 0) is 45.4 Å². The molecule has 6 heteroatoms. The molecule has 1 aliphatic rings. The maximum atomic E-state index is 12.2. The van der Waals surface area contributed by atoms with Crippen LogP contribution in [0, 0.1) is 0 Å². The number of rotatable bonds is 3. The van der Waals surface area contributed by atoms with Gasteiger partial charge in [0.25, 0.3) is 0 Å². The van der Waals surface area contributed by atoms with E-state index in [2.05, 4.69) is 10.3 Å². The van der Waals surface area contributed by atoms with Gasteiger partial charge < -0.3 is 19.7 Å². The summed E-state index contributed by atoms with van der Waals surface area (Å²) in [5.74, 6) is 0.726. The van der Waals surface area contributed by atoms with Crippen LogP contribution in [0.2, 0.25) is 0 Å². The standard InChI is InChI=1S/C19H25N3O3/c1-19(2,3)25-18(23)22-9-8-13(12-22)21-17-7-5-6-16-15(17)10-14(24-4)11-20-16/h5-7,10-11,13,21H,8-9,12H2,1-4H3/t13-/m0/s1. The number of carbonyl (C=O) groups excluding carboxylic acids is 1. The van der Waals surface area contributed by atoms with Crippen molar-refractivity contribution >= 4 is 22.7 Å². The number of hydrogen-bond acceptors (Lipinski definition) is 5. The highest BCUT2D eigenvalue weighted by Gasteiger charge is 2.29. The van der Waals surface area contributed by atoms with Gasteiger partial charge in [0.05, 0.1) is 18.8 Å². The van der Waals surface area contributed by atoms with Gasteiger partial charge in [-0.15, -0.1) is 0 Å². The number of pyridine rings is 1. The highest BCUT2D eigenvalue weighted by molar-refractivity contribution is 5.92. The average molecular weight is 343 g/mol. The van der Waals surface area contributed by atoms with E-state index in [4.69, 9.17) is 9.47 Å². The smallest absolute Gasteiger partial charge is 0.410 e. The molecule has 0 saturated carbocycles. The summed E-state index contributed by atoms with van der Waals surface area (Å²) in [5.41, 5.74) is 1.44. The summed E-state index contributed by atoms with van der Waals surface area (Å²) in [7, 11) is 1.63. The Morgan fingerprint density at radius 1 is 1.36 bits per heavy atom. The van der Waals surface area contributed by atoms with Crippen molar-refractivity contribution in [2.24, 2.45) is 0 Å². The minimum Gasteiger partial charge on any atom is -0.495 e. The number of hydrogen-bond donors (Lipinski definition) is 1. The molecule has 1 aromatic heterocycles. The summed E-state index contributed by atoms with van der Waals surface area (Å²) in [4.78, 5) is 18.4. The van der Waals surface area contributed by atoms with Crippen molar-refractivity contribution < 1.29 is 14.3 Å². The van der Waals surface area contributed by atoms with Crippen LogP contribution >= 0.6 is 0 Å². The third kappa shape index (κ3) is 4.13. The molecule has 0 radical (unpaired) electrons. The summed E-state index contributed by atoms with van der Waals surface area (Å²) in [5, 5.41) is 4.55. The lowest BCUT2D eigenvalue weighted by Gasteiger charge is -2.24. The molecule has 3 rings (SSSR count). The summed E-state index contributed by atoms with van der Waals surface area (Å²) >= 11 is 0. The second kappa shape index (κ2) is 6.78. The first-order valence-electron chi connectivity index (χ1n) is 8.53. The summed E-state index contributed by atoms with van der Waals surface area (Å²) in [6.45, 7) is 6.97. The summed E-state index contributed by atoms with van der Waals surface area (Å²) in [6, 6.07) is 8.14. The molecule has 1 atom stereocenters. The van der Waals surface area contributed by atoms with Gasteiger partial charge in [0.2, 0.25) is 0 Å². The second-order valence-electron chi connectivity index (χ2n) is 7.30. The fourth-order valence-corrected chi connectivity index (χ4v) is 2.96. The van der Waals surface area contributed by atoms with Gasteiger partial charge in [0, 0.05) is 30.2 Å². The van der Waals surface area contributed by atoms with E-state index in [1.165, 1.54) is 0 Å². The Kier molecular flexibility index (Phi) is 4.70. The molecule has 1 fully saturated rings. The fraction of sp³-hybridized carbons (Fsp3) is 0.474. The molecule has 0 bridgehead atoms. The molecular weight excluding hydrogens is 318 g/mol. The third-order valence-corrected chi connectivity index (χ3v) is 4.14. The van der Waals surface area contributed by atoms with Crippen LogP contribution in [0.15, 0.2) is 30.5 Å². The van der Waals surface area contributed by atoms with Crippen molar-refractivity contribution in [3.63, 3.8) is 0 Å². The van der Waals surface area contributed by atoms with E-state index in [-0.39, 0.29) is 12.1 Å². The van der Waals surface area contributed by atoms with Crippen LogP contribution in [-0.4, -0.2) is 47.8 Å². The van der Waals surface area contributed by atoms with E-state index in [0.29, 0.717) is 13.1 Å². The quantitative estimate of drug-likeness (QED) is 0.921. The summed E-state index contributed by atoms with van der Waals surface area (Å²) in [6.07, 6.45) is 2.34. The Labute approximate surface area is 148 Å². The molecular formula is C19H25N3O3. The molecule has 0 aliphatic carbocycles. The number of aromatic nitrogens is 1. The van der Waals surface area contributed by atoms with E-state index < -0.39 is 5.60 Å². The van der Waals surface area contributed by atoms with Crippen molar-refractivity contribution in [3.05, 3.63) is 30.5 Å². The normalized spacial score (nSPS) is 17.6. The first-order valence-corrected chi connectivity index (χ1v) is 8.53. The number of benzene rings is 1. The van der Waals surface area contributed by atoms with Gasteiger partial charge in [-0.2, -0.15) is 0 Å². The van der Waals surface area contributed by atoms with Crippen molar-refractivity contribution in [2.75, 3.05) is 25.5 Å². The third-order valence-electron chi connectivity index (χ3n) is 4.14. The highest BCUT2D eigenvalue weighted by Crippen LogP contribution is 2.27. The molecule has 1 aliphatic heterocycles. The van der Waals surface area contributed by atoms with Crippen molar-refractivity contribution in [1.82, 2.24) is 9.88 Å². The highest BCUT2D eigenvalue weighted by atomic mass is 16.6. The monoisotopic (exact) mass is 343 g/mol. The lowest BCUT2D eigenvalue weighted by molar-refractivity contribution is 0.0293. The molecule has 1 saturated heterocycles. The second-order valence-corrected chi connectivity index (χ2v) is 7.30. The van der Waals surface area contributed by atoms with Gasteiger partial charge in [0.1, 0.15) is 11.4 Å². The van der Waals surface area contributed by atoms with E-state index in [0.717, 1.165) is 28.8 Å². The maximum Gasteiger partial charge on any atom is 0.410 e. The number of anilines is 1. The Bertz CT molecular complexity index is 770. The van der Waals surface area contributed by atoms with E-state index in [1.54, 1.807) is 18.2 Å². The van der Waals surface area contributed by atoms with E-state index in [9.17, 15) is 4.79 Å². The Morgan fingerprint density at radius 3 is 2.88 bits per heavy atom. The number of ether oxygens (including phenoxy) is 2. The van der Waals surface area contributed by atoms with Gasteiger partial charge in [-0.25, -0.2) is 4.79 Å². The van der Waals surface area contributed by atoms with Crippen LogP contribution in [0.1, 0.15) is 27.2 Å². The summed E-state index contributed by atoms with van der Waals surface area (Å²) < 4.78 is 10.7. The number of likely N-dealkylation sites (tertiary alicyclic amines) is 1. The van der Waals surface area contributed by atoms with Crippen LogP contribution in [0.5, 0.6) is 5.75 Å². The minimum absolute atomic E-state index is 0.185. The lowest BCUT2D eigenvalue weighted by atomic mass is 10.1. The number of fused-ring (bicyclic) bond motifs is 1. The van der Waals surface area contributed by atoms with Crippen LogP contribution < -0.4 is 10.1 Å². The molecule has 2 heterocycles.